The number of rotatable bonds is 6. The Morgan fingerprint density at radius 1 is 1.15 bits per heavy atom. The highest BCUT2D eigenvalue weighted by molar-refractivity contribution is 8.18. The number of phenols is 1. The topological polar surface area (TPSA) is 78.9 Å². The van der Waals surface area contributed by atoms with Crippen LogP contribution in [0.3, 0.4) is 0 Å². The van der Waals surface area contributed by atoms with E-state index < -0.39 is 0 Å². The maximum Gasteiger partial charge on any atom is 0.295 e. The van der Waals surface area contributed by atoms with E-state index in [4.69, 9.17) is 4.74 Å². The van der Waals surface area contributed by atoms with Crippen LogP contribution in [-0.4, -0.2) is 34.4 Å². The first-order valence-corrected chi connectivity index (χ1v) is 8.90. The first-order chi connectivity index (χ1) is 12.6. The summed E-state index contributed by atoms with van der Waals surface area (Å²) in [6.45, 7) is 2.57. The zero-order chi connectivity index (χ0) is 18.5. The zero-order valence-electron chi connectivity index (χ0n) is 14.1. The minimum absolute atomic E-state index is 0.0619. The number of nitrogens with one attached hydrogen (secondary N) is 1. The van der Waals surface area contributed by atoms with E-state index in [1.54, 1.807) is 18.2 Å². The number of phenolic OH excluding ortho intramolecular Hbond substituents is 1. The molecule has 0 atom stereocenters. The molecule has 2 aromatic rings. The number of thioether (sulfide) groups is 1. The van der Waals surface area contributed by atoms with Gasteiger partial charge in [-0.05, 0) is 55.1 Å². The third-order valence-corrected chi connectivity index (χ3v) is 4.61. The molecule has 0 bridgehead atoms. The summed E-state index contributed by atoms with van der Waals surface area (Å²) < 4.78 is 5.38. The van der Waals surface area contributed by atoms with Gasteiger partial charge in [0.05, 0.1) is 18.2 Å². The number of anilines is 1. The van der Waals surface area contributed by atoms with Gasteiger partial charge in [0.15, 0.2) is 0 Å². The Morgan fingerprint density at radius 3 is 2.58 bits per heavy atom. The van der Waals surface area contributed by atoms with E-state index in [1.807, 2.05) is 31.2 Å². The lowest BCUT2D eigenvalue weighted by atomic mass is 10.2. The maximum atomic E-state index is 12.5. The van der Waals surface area contributed by atoms with E-state index in [9.17, 15) is 14.7 Å². The summed E-state index contributed by atoms with van der Waals surface area (Å²) >= 11 is 0.857. The average Bonchev–Trinajstić information content (AvgIpc) is 2.90. The second kappa shape index (κ2) is 7.97. The minimum Gasteiger partial charge on any atom is -0.507 e. The average molecular weight is 370 g/mol. The third kappa shape index (κ3) is 4.00. The predicted molar refractivity (Wildman–Crippen MR) is 102 cm³/mol. The molecule has 1 saturated heterocycles. The molecule has 0 unspecified atom stereocenters. The van der Waals surface area contributed by atoms with E-state index in [2.05, 4.69) is 5.32 Å². The van der Waals surface area contributed by atoms with Gasteiger partial charge in [-0.1, -0.05) is 18.2 Å². The molecule has 134 valence electrons. The van der Waals surface area contributed by atoms with Gasteiger partial charge in [-0.15, -0.1) is 0 Å². The number of ether oxygens (including phenoxy) is 1. The fraction of sp³-hybridized carbons (Fsp3) is 0.158. The Labute approximate surface area is 155 Å². The van der Waals surface area contributed by atoms with Gasteiger partial charge in [-0.2, -0.15) is 0 Å². The summed E-state index contributed by atoms with van der Waals surface area (Å²) in [4.78, 5) is 26.0. The SMILES string of the molecule is CCOc1ccc(NCN2C(=O)S/C(=C\c3ccccc3O)C2=O)cc1. The molecule has 3 rings (SSSR count). The van der Waals surface area contributed by atoms with E-state index in [0.717, 1.165) is 28.1 Å². The second-order valence-corrected chi connectivity index (χ2v) is 6.45. The molecule has 0 aliphatic carbocycles. The summed E-state index contributed by atoms with van der Waals surface area (Å²) in [5, 5.41) is 12.5. The van der Waals surface area contributed by atoms with Gasteiger partial charge in [0, 0.05) is 11.3 Å². The molecule has 1 aliphatic rings. The molecular formula is C19H18N2O4S. The quantitative estimate of drug-likeness (QED) is 0.751. The van der Waals surface area contributed by atoms with Crippen molar-refractivity contribution in [3.8, 4) is 11.5 Å². The van der Waals surface area contributed by atoms with Crippen LogP contribution in [0.15, 0.2) is 53.4 Å². The normalized spacial score (nSPS) is 15.6. The maximum absolute atomic E-state index is 12.5. The first kappa shape index (κ1) is 17.9. The number of benzene rings is 2. The fourth-order valence-electron chi connectivity index (χ4n) is 2.39. The summed E-state index contributed by atoms with van der Waals surface area (Å²) in [6.07, 6.45) is 1.52. The van der Waals surface area contributed by atoms with E-state index in [0.29, 0.717) is 12.2 Å². The van der Waals surface area contributed by atoms with Gasteiger partial charge in [0.1, 0.15) is 11.5 Å². The number of imide groups is 1. The van der Waals surface area contributed by atoms with Crippen LogP contribution in [-0.2, 0) is 4.79 Å². The monoisotopic (exact) mass is 370 g/mol. The van der Waals surface area contributed by atoms with E-state index >= 15 is 0 Å². The van der Waals surface area contributed by atoms with E-state index in [1.165, 1.54) is 12.1 Å². The zero-order valence-corrected chi connectivity index (χ0v) is 15.0. The molecular weight excluding hydrogens is 352 g/mol. The number of amides is 2. The van der Waals surface area contributed by atoms with Gasteiger partial charge in [-0.3, -0.25) is 14.5 Å². The van der Waals surface area contributed by atoms with Gasteiger partial charge < -0.3 is 15.2 Å². The lowest BCUT2D eigenvalue weighted by Gasteiger charge is -2.14. The van der Waals surface area contributed by atoms with Gasteiger partial charge in [-0.25, -0.2) is 0 Å². The number of hydrogen-bond acceptors (Lipinski definition) is 6. The van der Waals surface area contributed by atoms with Crippen LogP contribution in [0.1, 0.15) is 12.5 Å². The summed E-state index contributed by atoms with van der Waals surface area (Å²) in [5.74, 6) is 0.434. The summed E-state index contributed by atoms with van der Waals surface area (Å²) in [6, 6.07) is 13.9. The second-order valence-electron chi connectivity index (χ2n) is 5.46. The van der Waals surface area contributed by atoms with Crippen molar-refractivity contribution in [1.29, 1.82) is 0 Å². The Balaban J connectivity index is 1.66. The fourth-order valence-corrected chi connectivity index (χ4v) is 3.22. The molecule has 0 radical (unpaired) electrons. The van der Waals surface area contributed by atoms with Gasteiger partial charge in [0.25, 0.3) is 11.1 Å². The van der Waals surface area contributed by atoms with Crippen molar-refractivity contribution in [1.82, 2.24) is 4.90 Å². The Morgan fingerprint density at radius 2 is 1.88 bits per heavy atom. The molecule has 7 heteroatoms. The molecule has 2 aromatic carbocycles. The van der Waals surface area contributed by atoms with Crippen LogP contribution in [0.25, 0.3) is 6.08 Å². The van der Waals surface area contributed by atoms with Crippen LogP contribution in [0.4, 0.5) is 10.5 Å². The van der Waals surface area contributed by atoms with Crippen molar-refractivity contribution < 1.29 is 19.4 Å². The highest BCUT2D eigenvalue weighted by atomic mass is 32.2. The van der Waals surface area contributed by atoms with Crippen LogP contribution >= 0.6 is 11.8 Å². The molecule has 1 fully saturated rings. The van der Waals surface area contributed by atoms with Gasteiger partial charge in [0.2, 0.25) is 0 Å². The third-order valence-electron chi connectivity index (χ3n) is 3.70. The number of carbonyl (C=O) groups is 2. The largest absolute Gasteiger partial charge is 0.507 e. The summed E-state index contributed by atoms with van der Waals surface area (Å²) in [7, 11) is 0. The smallest absolute Gasteiger partial charge is 0.295 e. The molecule has 2 amide bonds. The molecule has 2 N–H and O–H groups in total. The molecule has 26 heavy (non-hydrogen) atoms. The first-order valence-electron chi connectivity index (χ1n) is 8.08. The van der Waals surface area contributed by atoms with E-state index in [-0.39, 0.29) is 28.5 Å². The number of nitrogens with zero attached hydrogens (tertiary/aromatic N) is 1. The number of aromatic hydroxyl groups is 1. The van der Waals surface area contributed by atoms with Crippen molar-refractivity contribution >= 4 is 34.7 Å². The van der Waals surface area contributed by atoms with Crippen LogP contribution in [0, 0.1) is 0 Å². The molecule has 1 heterocycles. The Hall–Kier alpha value is -2.93. The van der Waals surface area contributed by atoms with Crippen molar-refractivity contribution in [2.24, 2.45) is 0 Å². The van der Waals surface area contributed by atoms with Crippen molar-refractivity contribution in [2.45, 2.75) is 6.92 Å². The Bertz CT molecular complexity index is 849. The highest BCUT2D eigenvalue weighted by Crippen LogP contribution is 2.33. The molecule has 0 spiro atoms. The van der Waals surface area contributed by atoms with Crippen LogP contribution < -0.4 is 10.1 Å². The van der Waals surface area contributed by atoms with Crippen molar-refractivity contribution in [3.63, 3.8) is 0 Å². The predicted octanol–water partition coefficient (Wildman–Crippen LogP) is 3.90. The van der Waals surface area contributed by atoms with Crippen molar-refractivity contribution in [2.75, 3.05) is 18.6 Å². The molecule has 6 nitrogen and oxygen atoms in total. The number of para-hydroxylation sites is 1. The molecule has 0 aromatic heterocycles. The minimum atomic E-state index is -0.387. The van der Waals surface area contributed by atoms with Crippen LogP contribution in [0.2, 0.25) is 0 Å². The standard InChI is InChI=1S/C19H18N2O4S/c1-2-25-15-9-7-14(8-10-15)20-12-21-18(23)17(26-19(21)24)11-13-5-3-4-6-16(13)22/h3-11,20,22H,2,12H2,1H3/b17-11-. The lowest BCUT2D eigenvalue weighted by Crippen LogP contribution is -2.33. The molecule has 0 saturated carbocycles. The summed E-state index contributed by atoms with van der Waals surface area (Å²) in [5.41, 5.74) is 1.27. The number of hydrogen-bond donors (Lipinski definition) is 2. The Kier molecular flexibility index (Phi) is 5.48. The lowest BCUT2D eigenvalue weighted by molar-refractivity contribution is -0.122. The highest BCUT2D eigenvalue weighted by Gasteiger charge is 2.34. The van der Waals surface area contributed by atoms with Gasteiger partial charge >= 0.3 is 0 Å². The molecule has 1 aliphatic heterocycles. The van der Waals surface area contributed by atoms with Crippen LogP contribution in [0.5, 0.6) is 11.5 Å². The van der Waals surface area contributed by atoms with Crippen molar-refractivity contribution in [3.05, 3.63) is 59.0 Å². The number of carbonyl (C=O) groups excluding carboxylic acids is 2.